The van der Waals surface area contributed by atoms with Gasteiger partial charge in [0.15, 0.2) is 10.9 Å². The van der Waals surface area contributed by atoms with E-state index in [0.717, 1.165) is 32.4 Å². The third-order valence-corrected chi connectivity index (χ3v) is 5.99. The predicted molar refractivity (Wildman–Crippen MR) is 82.0 cm³/mol. The van der Waals surface area contributed by atoms with Gasteiger partial charge in [-0.2, -0.15) is 0 Å². The number of carbonyl (C=O) groups excluding carboxylic acids is 2. The number of nitrogens with zero attached hydrogens (tertiary/aromatic N) is 1. The maximum absolute atomic E-state index is 12.3. The number of nitrogens with one attached hydrogen (secondary N) is 2. The Hall–Kier alpha value is -1.31. The van der Waals surface area contributed by atoms with Gasteiger partial charge in [0.05, 0.1) is 17.7 Å². The van der Waals surface area contributed by atoms with Crippen LogP contribution in [0, 0.1) is 17.3 Å². The summed E-state index contributed by atoms with van der Waals surface area (Å²) in [6.45, 7) is 3.09. The Kier molecular flexibility index (Phi) is 3.51. The quantitative estimate of drug-likeness (QED) is 0.817. The molecule has 22 heavy (non-hydrogen) atoms. The van der Waals surface area contributed by atoms with Crippen molar-refractivity contribution in [2.75, 3.05) is 31.6 Å². The molecule has 6 nitrogen and oxygen atoms in total. The van der Waals surface area contributed by atoms with E-state index in [4.69, 9.17) is 4.74 Å². The molecular formula is C15H19N3O3S. The van der Waals surface area contributed by atoms with E-state index in [0.29, 0.717) is 23.2 Å². The number of Topliss-reactive ketones (excluding diaryl/α,β-unsaturated/α-hetero) is 1. The first kappa shape index (κ1) is 14.3. The fraction of sp³-hybridized carbons (Fsp3) is 0.667. The first-order valence-electron chi connectivity index (χ1n) is 7.77. The molecule has 3 atom stereocenters. The molecule has 7 heteroatoms. The van der Waals surface area contributed by atoms with Gasteiger partial charge in [0.25, 0.3) is 0 Å². The van der Waals surface area contributed by atoms with E-state index in [-0.39, 0.29) is 28.9 Å². The van der Waals surface area contributed by atoms with Crippen LogP contribution in [0.5, 0.6) is 0 Å². The number of thiazole rings is 1. The molecule has 3 fully saturated rings. The molecule has 1 aliphatic carbocycles. The summed E-state index contributed by atoms with van der Waals surface area (Å²) in [6, 6.07) is 0. The lowest BCUT2D eigenvalue weighted by molar-refractivity contribution is -0.118. The van der Waals surface area contributed by atoms with Crippen molar-refractivity contribution < 1.29 is 14.3 Å². The molecular weight excluding hydrogens is 302 g/mol. The van der Waals surface area contributed by atoms with Gasteiger partial charge < -0.3 is 15.4 Å². The summed E-state index contributed by atoms with van der Waals surface area (Å²) < 4.78 is 5.25. The van der Waals surface area contributed by atoms with Crippen molar-refractivity contribution in [3.8, 4) is 0 Å². The monoisotopic (exact) mass is 321 g/mol. The van der Waals surface area contributed by atoms with E-state index < -0.39 is 0 Å². The van der Waals surface area contributed by atoms with Gasteiger partial charge in [0, 0.05) is 25.0 Å². The summed E-state index contributed by atoms with van der Waals surface area (Å²) in [5.74, 6) is 0.161. The van der Waals surface area contributed by atoms with Gasteiger partial charge in [0.1, 0.15) is 0 Å². The number of rotatable bonds is 4. The minimum atomic E-state index is -0.0553. The van der Waals surface area contributed by atoms with Crippen molar-refractivity contribution in [2.45, 2.75) is 19.3 Å². The summed E-state index contributed by atoms with van der Waals surface area (Å²) in [4.78, 5) is 29.4. The lowest BCUT2D eigenvalue weighted by Crippen LogP contribution is -2.20. The van der Waals surface area contributed by atoms with Crippen LogP contribution in [-0.4, -0.2) is 43.0 Å². The lowest BCUT2D eigenvalue weighted by atomic mass is 10.0. The summed E-state index contributed by atoms with van der Waals surface area (Å²) in [5, 5.41) is 6.73. The van der Waals surface area contributed by atoms with E-state index in [2.05, 4.69) is 15.6 Å². The Morgan fingerprint density at radius 2 is 2.41 bits per heavy atom. The van der Waals surface area contributed by atoms with E-state index in [1.807, 2.05) is 0 Å². The second-order valence-electron chi connectivity index (χ2n) is 6.49. The molecule has 1 spiro atoms. The number of carbonyl (C=O) groups is 2. The van der Waals surface area contributed by atoms with E-state index in [9.17, 15) is 9.59 Å². The van der Waals surface area contributed by atoms with Crippen molar-refractivity contribution in [1.29, 1.82) is 0 Å². The van der Waals surface area contributed by atoms with Gasteiger partial charge in [0.2, 0.25) is 5.91 Å². The summed E-state index contributed by atoms with van der Waals surface area (Å²) >= 11 is 1.27. The minimum Gasteiger partial charge on any atom is -0.381 e. The van der Waals surface area contributed by atoms with Crippen LogP contribution < -0.4 is 10.6 Å². The molecule has 1 amide bonds. The molecule has 118 valence electrons. The van der Waals surface area contributed by atoms with E-state index >= 15 is 0 Å². The average molecular weight is 321 g/mol. The van der Waals surface area contributed by atoms with Crippen molar-refractivity contribution in [1.82, 2.24) is 10.3 Å². The first-order chi connectivity index (χ1) is 10.7. The van der Waals surface area contributed by atoms with Crippen molar-refractivity contribution >= 4 is 28.2 Å². The molecule has 2 N–H and O–H groups in total. The number of hydrogen-bond donors (Lipinski definition) is 2. The van der Waals surface area contributed by atoms with Crippen LogP contribution in [0.2, 0.25) is 0 Å². The van der Waals surface area contributed by atoms with Crippen LogP contribution in [0.1, 0.15) is 28.9 Å². The van der Waals surface area contributed by atoms with E-state index in [1.54, 1.807) is 6.20 Å². The number of hydrogen-bond acceptors (Lipinski definition) is 6. The SMILES string of the molecule is O=C(c1cnc(NC(=O)C2CC23CCNC3)s1)C1CCOC1. The van der Waals surface area contributed by atoms with E-state index in [1.165, 1.54) is 11.3 Å². The third-order valence-electron chi connectivity index (χ3n) is 5.06. The van der Waals surface area contributed by atoms with Crippen LogP contribution in [0.25, 0.3) is 0 Å². The van der Waals surface area contributed by atoms with Gasteiger partial charge in [-0.15, -0.1) is 0 Å². The molecule has 4 rings (SSSR count). The second kappa shape index (κ2) is 5.40. The van der Waals surface area contributed by atoms with Crippen molar-refractivity contribution in [2.24, 2.45) is 17.3 Å². The van der Waals surface area contributed by atoms with Gasteiger partial charge in [-0.05, 0) is 31.2 Å². The molecule has 1 aromatic heterocycles. The Bertz CT molecular complexity index is 603. The highest BCUT2D eigenvalue weighted by molar-refractivity contribution is 7.17. The summed E-state index contributed by atoms with van der Waals surface area (Å²) in [5.41, 5.74) is 0.182. The molecule has 2 aliphatic heterocycles. The summed E-state index contributed by atoms with van der Waals surface area (Å²) in [7, 11) is 0. The number of ether oxygens (including phenoxy) is 1. The second-order valence-corrected chi connectivity index (χ2v) is 7.52. The molecule has 3 aliphatic rings. The van der Waals surface area contributed by atoms with Crippen LogP contribution in [0.4, 0.5) is 5.13 Å². The number of amides is 1. The van der Waals surface area contributed by atoms with Crippen LogP contribution >= 0.6 is 11.3 Å². The third kappa shape index (κ3) is 2.47. The lowest BCUT2D eigenvalue weighted by Gasteiger charge is -2.06. The first-order valence-corrected chi connectivity index (χ1v) is 8.59. The highest BCUT2D eigenvalue weighted by Gasteiger charge is 2.59. The van der Waals surface area contributed by atoms with Crippen molar-refractivity contribution in [3.63, 3.8) is 0 Å². The largest absolute Gasteiger partial charge is 0.381 e. The molecule has 2 saturated heterocycles. The van der Waals surface area contributed by atoms with Crippen LogP contribution in [0.3, 0.4) is 0 Å². The zero-order valence-electron chi connectivity index (χ0n) is 12.3. The normalized spacial score (nSPS) is 33.3. The maximum Gasteiger partial charge on any atom is 0.229 e. The van der Waals surface area contributed by atoms with Crippen molar-refractivity contribution in [3.05, 3.63) is 11.1 Å². The highest BCUT2D eigenvalue weighted by Crippen LogP contribution is 2.56. The fourth-order valence-corrected chi connectivity index (χ4v) is 4.37. The van der Waals surface area contributed by atoms with Gasteiger partial charge >= 0.3 is 0 Å². The van der Waals surface area contributed by atoms with Gasteiger partial charge in [-0.3, -0.25) is 9.59 Å². The maximum atomic E-state index is 12.3. The van der Waals surface area contributed by atoms with Gasteiger partial charge in [-0.25, -0.2) is 4.98 Å². The Labute approximate surface area is 132 Å². The highest BCUT2D eigenvalue weighted by atomic mass is 32.1. The Balaban J connectivity index is 1.38. The van der Waals surface area contributed by atoms with Crippen LogP contribution in [0.15, 0.2) is 6.20 Å². The molecule has 1 aromatic rings. The topological polar surface area (TPSA) is 80.3 Å². The number of aromatic nitrogens is 1. The molecule has 3 heterocycles. The molecule has 1 saturated carbocycles. The Morgan fingerprint density at radius 1 is 1.50 bits per heavy atom. The zero-order valence-corrected chi connectivity index (χ0v) is 13.1. The summed E-state index contributed by atoms with van der Waals surface area (Å²) in [6.07, 6.45) is 4.38. The molecule has 0 aromatic carbocycles. The Morgan fingerprint density at radius 3 is 3.14 bits per heavy atom. The number of anilines is 1. The van der Waals surface area contributed by atoms with Crippen LogP contribution in [-0.2, 0) is 9.53 Å². The zero-order chi connectivity index (χ0) is 15.2. The number of ketones is 1. The smallest absolute Gasteiger partial charge is 0.229 e. The fourth-order valence-electron chi connectivity index (χ4n) is 3.53. The molecule has 0 bridgehead atoms. The molecule has 3 unspecified atom stereocenters. The standard InChI is InChI=1S/C15H19N3O3S/c19-12(9-1-4-21-7-9)11-6-17-14(22-11)18-13(20)10-5-15(10)2-3-16-8-15/h6,9-10,16H,1-5,7-8H2,(H,17,18,20). The molecule has 0 radical (unpaired) electrons. The van der Waals surface area contributed by atoms with Gasteiger partial charge in [-0.1, -0.05) is 11.3 Å². The predicted octanol–water partition coefficient (Wildman–Crippen LogP) is 1.30. The minimum absolute atomic E-state index is 0.0428. The average Bonchev–Trinajstić information content (AvgIpc) is 2.98.